The Labute approximate surface area is 102 Å². The molecule has 0 aliphatic heterocycles. The molecule has 1 aromatic carbocycles. The third-order valence-electron chi connectivity index (χ3n) is 2.38. The van der Waals surface area contributed by atoms with E-state index in [9.17, 15) is 4.79 Å². The Balaban J connectivity index is 2.02. The molecule has 4 heteroatoms. The minimum Gasteiger partial charge on any atom is -0.395 e. The Morgan fingerprint density at radius 1 is 1.18 bits per heavy atom. The Kier molecular flexibility index (Phi) is 7.02. The van der Waals surface area contributed by atoms with Crippen LogP contribution in [0.3, 0.4) is 0 Å². The highest BCUT2D eigenvalue weighted by molar-refractivity contribution is 5.77. The van der Waals surface area contributed by atoms with Gasteiger partial charge in [0.2, 0.25) is 5.91 Å². The number of benzene rings is 1. The standard InChI is InChI=1S/C13H20N2O2/c16-10-9-14-11-13(17)15-8-4-7-12-5-2-1-3-6-12/h1-3,5-6,14,16H,4,7-11H2,(H,15,17). The maximum atomic E-state index is 11.3. The summed E-state index contributed by atoms with van der Waals surface area (Å²) < 4.78 is 0. The van der Waals surface area contributed by atoms with Gasteiger partial charge >= 0.3 is 0 Å². The lowest BCUT2D eigenvalue weighted by Gasteiger charge is -2.05. The highest BCUT2D eigenvalue weighted by atomic mass is 16.3. The SMILES string of the molecule is O=C(CNCCO)NCCCc1ccccc1. The first kappa shape index (κ1) is 13.7. The average molecular weight is 236 g/mol. The molecule has 1 aromatic rings. The molecule has 0 saturated carbocycles. The maximum absolute atomic E-state index is 11.3. The summed E-state index contributed by atoms with van der Waals surface area (Å²) in [6.45, 7) is 1.47. The van der Waals surface area contributed by atoms with Gasteiger partial charge in [-0.15, -0.1) is 0 Å². The van der Waals surface area contributed by atoms with Crippen LogP contribution in [0.2, 0.25) is 0 Å². The summed E-state index contributed by atoms with van der Waals surface area (Å²) in [4.78, 5) is 11.3. The Morgan fingerprint density at radius 3 is 2.65 bits per heavy atom. The number of amides is 1. The number of rotatable bonds is 8. The van der Waals surface area contributed by atoms with E-state index in [1.54, 1.807) is 0 Å². The lowest BCUT2D eigenvalue weighted by Crippen LogP contribution is -2.35. The van der Waals surface area contributed by atoms with Gasteiger partial charge in [-0.1, -0.05) is 30.3 Å². The van der Waals surface area contributed by atoms with Crippen molar-refractivity contribution in [3.8, 4) is 0 Å². The first-order chi connectivity index (χ1) is 8.33. The molecule has 94 valence electrons. The fourth-order valence-electron chi connectivity index (χ4n) is 1.51. The zero-order chi connectivity index (χ0) is 12.3. The van der Waals surface area contributed by atoms with Gasteiger partial charge in [-0.3, -0.25) is 4.79 Å². The number of aliphatic hydroxyl groups excluding tert-OH is 1. The van der Waals surface area contributed by atoms with E-state index in [1.165, 1.54) is 5.56 Å². The minimum absolute atomic E-state index is 0.0217. The molecule has 0 atom stereocenters. The topological polar surface area (TPSA) is 61.4 Å². The van der Waals surface area contributed by atoms with Crippen LogP contribution in [0.4, 0.5) is 0 Å². The van der Waals surface area contributed by atoms with E-state index >= 15 is 0 Å². The zero-order valence-corrected chi connectivity index (χ0v) is 9.98. The molecule has 0 spiro atoms. The second-order valence-electron chi connectivity index (χ2n) is 3.84. The van der Waals surface area contributed by atoms with Crippen molar-refractivity contribution in [1.82, 2.24) is 10.6 Å². The van der Waals surface area contributed by atoms with Gasteiger partial charge in [-0.25, -0.2) is 0 Å². The van der Waals surface area contributed by atoms with Gasteiger partial charge in [-0.2, -0.15) is 0 Å². The highest BCUT2D eigenvalue weighted by Gasteiger charge is 1.99. The Morgan fingerprint density at radius 2 is 1.94 bits per heavy atom. The van der Waals surface area contributed by atoms with Crippen LogP contribution < -0.4 is 10.6 Å². The fourth-order valence-corrected chi connectivity index (χ4v) is 1.51. The molecule has 1 rings (SSSR count). The van der Waals surface area contributed by atoms with E-state index in [2.05, 4.69) is 22.8 Å². The van der Waals surface area contributed by atoms with Crippen LogP contribution in [0.25, 0.3) is 0 Å². The van der Waals surface area contributed by atoms with Gasteiger partial charge in [0.05, 0.1) is 13.2 Å². The molecule has 0 fully saturated rings. The molecular weight excluding hydrogens is 216 g/mol. The first-order valence-electron chi connectivity index (χ1n) is 5.95. The van der Waals surface area contributed by atoms with E-state index in [1.807, 2.05) is 18.2 Å². The number of carbonyl (C=O) groups excluding carboxylic acids is 1. The number of aryl methyl sites for hydroxylation is 1. The summed E-state index contributed by atoms with van der Waals surface area (Å²) in [5, 5.41) is 14.2. The van der Waals surface area contributed by atoms with Crippen molar-refractivity contribution in [3.05, 3.63) is 35.9 Å². The highest BCUT2D eigenvalue weighted by Crippen LogP contribution is 2.01. The molecule has 0 aromatic heterocycles. The number of aliphatic hydroxyl groups is 1. The predicted molar refractivity (Wildman–Crippen MR) is 67.7 cm³/mol. The van der Waals surface area contributed by atoms with Crippen molar-refractivity contribution >= 4 is 5.91 Å². The van der Waals surface area contributed by atoms with Crippen molar-refractivity contribution in [3.63, 3.8) is 0 Å². The van der Waals surface area contributed by atoms with Crippen LogP contribution in [0, 0.1) is 0 Å². The van der Waals surface area contributed by atoms with Crippen LogP contribution in [-0.2, 0) is 11.2 Å². The number of carbonyl (C=O) groups is 1. The molecule has 0 saturated heterocycles. The van der Waals surface area contributed by atoms with Gasteiger partial charge in [-0.05, 0) is 18.4 Å². The van der Waals surface area contributed by atoms with Crippen LogP contribution in [-0.4, -0.2) is 37.3 Å². The molecule has 1 amide bonds. The van der Waals surface area contributed by atoms with Crippen LogP contribution in [0.1, 0.15) is 12.0 Å². The number of nitrogens with one attached hydrogen (secondary N) is 2. The molecule has 0 radical (unpaired) electrons. The van der Waals surface area contributed by atoms with Gasteiger partial charge in [0.1, 0.15) is 0 Å². The Hall–Kier alpha value is -1.39. The maximum Gasteiger partial charge on any atom is 0.233 e. The number of hydrogen-bond donors (Lipinski definition) is 3. The van der Waals surface area contributed by atoms with E-state index in [4.69, 9.17) is 5.11 Å². The number of hydrogen-bond acceptors (Lipinski definition) is 3. The van der Waals surface area contributed by atoms with Gasteiger partial charge < -0.3 is 15.7 Å². The molecule has 17 heavy (non-hydrogen) atoms. The fraction of sp³-hybridized carbons (Fsp3) is 0.462. The summed E-state index contributed by atoms with van der Waals surface area (Å²) in [5.74, 6) is -0.0217. The van der Waals surface area contributed by atoms with E-state index < -0.39 is 0 Å². The quantitative estimate of drug-likeness (QED) is 0.570. The molecule has 0 unspecified atom stereocenters. The Bertz CT molecular complexity index is 314. The van der Waals surface area contributed by atoms with Gasteiger partial charge in [0, 0.05) is 13.1 Å². The average Bonchev–Trinajstić information content (AvgIpc) is 2.36. The third kappa shape index (κ3) is 6.71. The van der Waals surface area contributed by atoms with Crippen molar-refractivity contribution in [1.29, 1.82) is 0 Å². The predicted octanol–water partition coefficient (Wildman–Crippen LogP) is 0.317. The van der Waals surface area contributed by atoms with E-state index in [0.717, 1.165) is 12.8 Å². The molecule has 0 heterocycles. The van der Waals surface area contributed by atoms with Crippen molar-refractivity contribution in [2.45, 2.75) is 12.8 Å². The molecule has 0 aliphatic rings. The molecule has 0 bridgehead atoms. The van der Waals surface area contributed by atoms with Gasteiger partial charge in [0.15, 0.2) is 0 Å². The van der Waals surface area contributed by atoms with Gasteiger partial charge in [0.25, 0.3) is 0 Å². The lowest BCUT2D eigenvalue weighted by atomic mass is 10.1. The second kappa shape index (κ2) is 8.73. The minimum atomic E-state index is -0.0217. The summed E-state index contributed by atoms with van der Waals surface area (Å²) in [6, 6.07) is 10.2. The smallest absolute Gasteiger partial charge is 0.233 e. The summed E-state index contributed by atoms with van der Waals surface area (Å²) in [6.07, 6.45) is 1.92. The molecular formula is C13H20N2O2. The van der Waals surface area contributed by atoms with Crippen LogP contribution >= 0.6 is 0 Å². The third-order valence-corrected chi connectivity index (χ3v) is 2.38. The zero-order valence-electron chi connectivity index (χ0n) is 9.98. The molecule has 3 N–H and O–H groups in total. The van der Waals surface area contributed by atoms with Crippen molar-refractivity contribution in [2.24, 2.45) is 0 Å². The molecule has 0 aliphatic carbocycles. The van der Waals surface area contributed by atoms with Crippen LogP contribution in [0.5, 0.6) is 0 Å². The second-order valence-corrected chi connectivity index (χ2v) is 3.84. The monoisotopic (exact) mass is 236 g/mol. The first-order valence-corrected chi connectivity index (χ1v) is 5.95. The largest absolute Gasteiger partial charge is 0.395 e. The van der Waals surface area contributed by atoms with E-state index in [0.29, 0.717) is 13.1 Å². The summed E-state index contributed by atoms with van der Waals surface area (Å²) in [5.41, 5.74) is 1.29. The summed E-state index contributed by atoms with van der Waals surface area (Å²) in [7, 11) is 0. The van der Waals surface area contributed by atoms with Crippen molar-refractivity contribution < 1.29 is 9.90 Å². The van der Waals surface area contributed by atoms with Crippen molar-refractivity contribution in [2.75, 3.05) is 26.2 Å². The van der Waals surface area contributed by atoms with Crippen LogP contribution in [0.15, 0.2) is 30.3 Å². The van der Waals surface area contributed by atoms with E-state index in [-0.39, 0.29) is 19.1 Å². The summed E-state index contributed by atoms with van der Waals surface area (Å²) >= 11 is 0. The lowest BCUT2D eigenvalue weighted by molar-refractivity contribution is -0.120. The normalized spacial score (nSPS) is 10.2. The molecule has 4 nitrogen and oxygen atoms in total.